The summed E-state index contributed by atoms with van der Waals surface area (Å²) in [4.78, 5) is 15.2. The predicted molar refractivity (Wildman–Crippen MR) is 193 cm³/mol. The number of rotatable bonds is 19. The lowest BCUT2D eigenvalue weighted by molar-refractivity contribution is 0.456. The summed E-state index contributed by atoms with van der Waals surface area (Å²) in [5, 5.41) is 0. The first-order valence-corrected chi connectivity index (χ1v) is 16.7. The van der Waals surface area contributed by atoms with Crippen molar-refractivity contribution in [1.29, 1.82) is 0 Å². The highest BCUT2D eigenvalue weighted by atomic mass is 14.9. The molecule has 4 heteroatoms. The fourth-order valence-corrected chi connectivity index (χ4v) is 6.88. The van der Waals surface area contributed by atoms with Crippen molar-refractivity contribution in [2.75, 3.05) is 0 Å². The molecule has 0 saturated carbocycles. The zero-order valence-corrected chi connectivity index (χ0v) is 28.5. The van der Waals surface area contributed by atoms with Crippen molar-refractivity contribution in [3.8, 4) is 0 Å². The molecule has 4 nitrogen and oxygen atoms in total. The van der Waals surface area contributed by atoms with Crippen LogP contribution in [0.2, 0.25) is 0 Å². The van der Waals surface area contributed by atoms with Gasteiger partial charge in [0.15, 0.2) is 0 Å². The first-order valence-electron chi connectivity index (χ1n) is 16.7. The molecule has 3 atom stereocenters. The third-order valence-electron chi connectivity index (χ3n) is 10.5. The highest BCUT2D eigenvalue weighted by Crippen LogP contribution is 2.43. The van der Waals surface area contributed by atoms with Gasteiger partial charge in [0, 0.05) is 67.7 Å². The van der Waals surface area contributed by atoms with Crippen LogP contribution in [0, 0.1) is 0 Å². The Kier molecular flexibility index (Phi) is 10.6. The van der Waals surface area contributed by atoms with Gasteiger partial charge >= 0.3 is 0 Å². The molecule has 45 heavy (non-hydrogen) atoms. The lowest BCUT2D eigenvalue weighted by Gasteiger charge is -2.32. The van der Waals surface area contributed by atoms with Gasteiger partial charge in [0.05, 0.1) is 0 Å². The number of aromatic amines is 4. The summed E-state index contributed by atoms with van der Waals surface area (Å²) in [5.41, 5.74) is 7.96. The van der Waals surface area contributed by atoms with Crippen molar-refractivity contribution in [1.82, 2.24) is 19.9 Å². The molecule has 0 aromatic carbocycles. The van der Waals surface area contributed by atoms with Gasteiger partial charge in [-0.1, -0.05) is 38.2 Å². The van der Waals surface area contributed by atoms with E-state index in [-0.39, 0.29) is 21.7 Å². The third-order valence-corrected chi connectivity index (χ3v) is 10.5. The van der Waals surface area contributed by atoms with Crippen LogP contribution in [0.1, 0.15) is 126 Å². The van der Waals surface area contributed by atoms with Crippen LogP contribution in [-0.2, 0) is 21.7 Å². The van der Waals surface area contributed by atoms with E-state index in [0.717, 1.165) is 51.4 Å². The van der Waals surface area contributed by atoms with Gasteiger partial charge in [0.2, 0.25) is 0 Å². The molecule has 240 valence electrons. The molecular formula is C41H56N4. The van der Waals surface area contributed by atoms with Gasteiger partial charge in [-0.25, -0.2) is 0 Å². The number of hydrogen-bond acceptors (Lipinski definition) is 0. The fourth-order valence-electron chi connectivity index (χ4n) is 6.88. The molecule has 0 fully saturated rings. The van der Waals surface area contributed by atoms with Gasteiger partial charge in [-0.3, -0.25) is 0 Å². The van der Waals surface area contributed by atoms with Gasteiger partial charge in [-0.15, -0.1) is 26.3 Å². The van der Waals surface area contributed by atoms with Crippen molar-refractivity contribution in [3.63, 3.8) is 0 Å². The summed E-state index contributed by atoms with van der Waals surface area (Å²) in [6, 6.07) is 18.0. The molecule has 0 bridgehead atoms. The number of H-pyrrole nitrogens is 4. The maximum Gasteiger partial charge on any atom is 0.0478 e. The summed E-state index contributed by atoms with van der Waals surface area (Å²) in [6.45, 7) is 27.7. The topological polar surface area (TPSA) is 63.2 Å². The Morgan fingerprint density at radius 1 is 0.467 bits per heavy atom. The first kappa shape index (κ1) is 34.0. The van der Waals surface area contributed by atoms with Crippen molar-refractivity contribution in [2.45, 2.75) is 108 Å². The molecule has 4 aromatic rings. The van der Waals surface area contributed by atoms with E-state index in [1.54, 1.807) is 0 Å². The molecule has 4 aromatic heterocycles. The summed E-state index contributed by atoms with van der Waals surface area (Å²) < 4.78 is 0. The third kappa shape index (κ3) is 6.85. The van der Waals surface area contributed by atoms with Gasteiger partial charge in [-0.05, 0) is 121 Å². The van der Waals surface area contributed by atoms with Crippen LogP contribution < -0.4 is 0 Å². The Hall–Kier alpha value is -3.92. The molecule has 0 spiro atoms. The minimum absolute atomic E-state index is 0.0432. The van der Waals surface area contributed by atoms with Crippen molar-refractivity contribution >= 4 is 0 Å². The Balaban J connectivity index is 1.75. The Bertz CT molecular complexity index is 1560. The van der Waals surface area contributed by atoms with Crippen LogP contribution in [0.4, 0.5) is 0 Å². The van der Waals surface area contributed by atoms with Crippen LogP contribution in [0.25, 0.3) is 0 Å². The van der Waals surface area contributed by atoms with Crippen molar-refractivity contribution in [2.24, 2.45) is 0 Å². The average molecular weight is 605 g/mol. The minimum Gasteiger partial charge on any atom is -0.364 e. The summed E-state index contributed by atoms with van der Waals surface area (Å²) >= 11 is 0. The maximum atomic E-state index is 4.07. The van der Waals surface area contributed by atoms with Gasteiger partial charge in [0.25, 0.3) is 0 Å². The quantitative estimate of drug-likeness (QED) is 0.0770. The average Bonchev–Trinajstić information content (AvgIpc) is 3.86. The van der Waals surface area contributed by atoms with Crippen LogP contribution in [0.5, 0.6) is 0 Å². The fraction of sp³-hybridized carbons (Fsp3) is 0.415. The summed E-state index contributed by atoms with van der Waals surface area (Å²) in [6.07, 6.45) is 17.8. The number of allylic oxidation sites excluding steroid dienone is 4. The zero-order valence-electron chi connectivity index (χ0n) is 28.5. The molecule has 4 heterocycles. The molecule has 2 unspecified atom stereocenters. The molecule has 0 aliphatic rings. The Morgan fingerprint density at radius 2 is 0.800 bits per heavy atom. The lowest BCUT2D eigenvalue weighted by Crippen LogP contribution is -2.29. The van der Waals surface area contributed by atoms with Gasteiger partial charge < -0.3 is 19.9 Å². The standard InChI is InChI=1S/C41H56N4/c1-10-14-26-38(5,6)31-20-21-34(43-31)40(8,28-16-12-3)35-24-25-37(45-35)41(9,29-17-13-4)36-23-22-33(44-36)39(7,27-15-11-2)32-19-18-30-42-32/h10-13,18-25,30,42-45H,1-4,14-17,26-29H2,5-9H3/t39?,40?,41-/m0/s1. The largest absolute Gasteiger partial charge is 0.364 e. The van der Waals surface area contributed by atoms with Gasteiger partial charge in [0.1, 0.15) is 0 Å². The first-order chi connectivity index (χ1) is 21.5. The smallest absolute Gasteiger partial charge is 0.0478 e. The number of aromatic nitrogens is 4. The molecule has 0 aliphatic carbocycles. The highest BCUT2D eigenvalue weighted by Gasteiger charge is 2.38. The second kappa shape index (κ2) is 14.0. The Labute approximate surface area is 272 Å². The lowest BCUT2D eigenvalue weighted by atomic mass is 9.78. The molecule has 0 amide bonds. The SMILES string of the molecule is C=CCCC(C)(C)c1ccc(C(C)(CCC=C)c2ccc([C@@](C)(CCC=C)c3ccc(C(C)(CCC=C)c4ccc[nH]4)[nH]3)[nH]2)[nH]1. The molecule has 4 rings (SSSR count). The predicted octanol–water partition coefficient (Wildman–Crippen LogP) is 11.1. The highest BCUT2D eigenvalue weighted by molar-refractivity contribution is 5.41. The number of hydrogen-bond donors (Lipinski definition) is 4. The van der Waals surface area contributed by atoms with Crippen LogP contribution in [0.15, 0.2) is 105 Å². The van der Waals surface area contributed by atoms with E-state index in [1.807, 2.05) is 30.5 Å². The number of nitrogens with one attached hydrogen (secondary N) is 4. The van der Waals surface area contributed by atoms with E-state index in [1.165, 1.54) is 39.9 Å². The normalized spacial score (nSPS) is 15.9. The zero-order chi connectivity index (χ0) is 32.7. The van der Waals surface area contributed by atoms with Crippen LogP contribution in [0.3, 0.4) is 0 Å². The molecule has 0 radical (unpaired) electrons. The van der Waals surface area contributed by atoms with Crippen LogP contribution >= 0.6 is 0 Å². The molecule has 4 N–H and O–H groups in total. The summed E-state index contributed by atoms with van der Waals surface area (Å²) in [5.74, 6) is 0. The molecular weight excluding hydrogens is 548 g/mol. The van der Waals surface area contributed by atoms with E-state index in [4.69, 9.17) is 0 Å². The summed E-state index contributed by atoms with van der Waals surface area (Å²) in [7, 11) is 0. The second-order valence-corrected chi connectivity index (χ2v) is 14.1. The van der Waals surface area contributed by atoms with E-state index < -0.39 is 0 Å². The van der Waals surface area contributed by atoms with Crippen molar-refractivity contribution in [3.05, 3.63) is 145 Å². The Morgan fingerprint density at radius 3 is 1.16 bits per heavy atom. The van der Waals surface area contributed by atoms with Crippen molar-refractivity contribution < 1.29 is 0 Å². The van der Waals surface area contributed by atoms with E-state index in [2.05, 4.69) is 129 Å². The van der Waals surface area contributed by atoms with E-state index in [9.17, 15) is 0 Å². The monoisotopic (exact) mass is 604 g/mol. The minimum atomic E-state index is -0.257. The molecule has 0 aliphatic heterocycles. The van der Waals surface area contributed by atoms with Crippen LogP contribution in [-0.4, -0.2) is 19.9 Å². The van der Waals surface area contributed by atoms with E-state index >= 15 is 0 Å². The van der Waals surface area contributed by atoms with E-state index in [0.29, 0.717) is 0 Å². The maximum absolute atomic E-state index is 4.07. The molecule has 0 saturated heterocycles. The van der Waals surface area contributed by atoms with Gasteiger partial charge in [-0.2, -0.15) is 0 Å². The second-order valence-electron chi connectivity index (χ2n) is 14.1.